The first kappa shape index (κ1) is 13.9. The zero-order valence-corrected chi connectivity index (χ0v) is 12.8. The van der Waals surface area contributed by atoms with Crippen LogP contribution in [-0.4, -0.2) is 0 Å². The first-order valence-electron chi connectivity index (χ1n) is 6.33. The third kappa shape index (κ3) is 3.74. The van der Waals surface area contributed by atoms with Crippen LogP contribution in [0.4, 0.5) is 5.69 Å². The van der Waals surface area contributed by atoms with Crippen LogP contribution in [0.15, 0.2) is 46.9 Å². The topological polar surface area (TPSA) is 35.2 Å². The Morgan fingerprint density at radius 3 is 2.42 bits per heavy atom. The van der Waals surface area contributed by atoms with Gasteiger partial charge in [0, 0.05) is 11.8 Å². The van der Waals surface area contributed by atoms with Gasteiger partial charge in [-0.1, -0.05) is 38.1 Å². The normalized spacial score (nSPS) is 10.7. The molecule has 0 aliphatic rings. The highest BCUT2D eigenvalue weighted by Gasteiger charge is 2.03. The molecule has 0 aromatic heterocycles. The number of benzene rings is 2. The summed E-state index contributed by atoms with van der Waals surface area (Å²) in [6, 6.07) is 14.1. The van der Waals surface area contributed by atoms with Crippen molar-refractivity contribution in [3.05, 3.63) is 58.1 Å². The van der Waals surface area contributed by atoms with Crippen LogP contribution >= 0.6 is 15.9 Å². The highest BCUT2D eigenvalue weighted by atomic mass is 79.9. The van der Waals surface area contributed by atoms with Crippen LogP contribution in [0.3, 0.4) is 0 Å². The maximum Gasteiger partial charge on any atom is 0.136 e. The molecule has 0 saturated heterocycles. The Balaban J connectivity index is 2.04. The predicted molar refractivity (Wildman–Crippen MR) is 83.4 cm³/mol. The summed E-state index contributed by atoms with van der Waals surface area (Å²) in [5.74, 6) is 1.32. The number of rotatable bonds is 4. The van der Waals surface area contributed by atoms with Gasteiger partial charge in [-0.15, -0.1) is 0 Å². The van der Waals surface area contributed by atoms with Crippen molar-refractivity contribution < 1.29 is 4.74 Å². The minimum atomic E-state index is 0.542. The SMILES string of the molecule is CC(C)c1ccc(COc2cc(N)ccc2Br)cc1. The molecular weight excluding hydrogens is 302 g/mol. The van der Waals surface area contributed by atoms with Gasteiger partial charge in [-0.2, -0.15) is 0 Å². The maximum absolute atomic E-state index is 5.78. The Kier molecular flexibility index (Phi) is 4.48. The van der Waals surface area contributed by atoms with Crippen molar-refractivity contribution >= 4 is 21.6 Å². The second-order valence-corrected chi connectivity index (χ2v) is 5.73. The number of nitrogen functional groups attached to an aromatic ring is 1. The number of nitrogens with two attached hydrogens (primary N) is 1. The summed E-state index contributed by atoms with van der Waals surface area (Å²) < 4.78 is 6.69. The van der Waals surface area contributed by atoms with Gasteiger partial charge in [-0.3, -0.25) is 0 Å². The van der Waals surface area contributed by atoms with Crippen molar-refractivity contribution in [2.45, 2.75) is 26.4 Å². The van der Waals surface area contributed by atoms with Gasteiger partial charge in [-0.05, 0) is 45.1 Å². The number of ether oxygens (including phenoxy) is 1. The van der Waals surface area contributed by atoms with E-state index >= 15 is 0 Å². The number of anilines is 1. The lowest BCUT2D eigenvalue weighted by Gasteiger charge is -2.10. The molecule has 19 heavy (non-hydrogen) atoms. The zero-order valence-electron chi connectivity index (χ0n) is 11.2. The molecule has 0 saturated carbocycles. The molecule has 2 rings (SSSR count). The molecule has 3 heteroatoms. The van der Waals surface area contributed by atoms with Crippen LogP contribution in [0.1, 0.15) is 30.9 Å². The van der Waals surface area contributed by atoms with Crippen LogP contribution in [0, 0.1) is 0 Å². The number of hydrogen-bond donors (Lipinski definition) is 1. The van der Waals surface area contributed by atoms with E-state index in [1.165, 1.54) is 5.56 Å². The van der Waals surface area contributed by atoms with Crippen molar-refractivity contribution in [2.24, 2.45) is 0 Å². The van der Waals surface area contributed by atoms with Crippen molar-refractivity contribution in [2.75, 3.05) is 5.73 Å². The second-order valence-electron chi connectivity index (χ2n) is 4.87. The van der Waals surface area contributed by atoms with Gasteiger partial charge in [0.25, 0.3) is 0 Å². The quantitative estimate of drug-likeness (QED) is 0.826. The van der Waals surface area contributed by atoms with Gasteiger partial charge in [0.2, 0.25) is 0 Å². The van der Waals surface area contributed by atoms with Gasteiger partial charge in [0.15, 0.2) is 0 Å². The Hall–Kier alpha value is -1.48. The molecule has 2 aromatic rings. The van der Waals surface area contributed by atoms with Gasteiger partial charge in [-0.25, -0.2) is 0 Å². The average Bonchev–Trinajstić information content (AvgIpc) is 2.40. The molecule has 0 amide bonds. The molecule has 0 atom stereocenters. The third-order valence-corrected chi connectivity index (χ3v) is 3.65. The molecule has 0 fully saturated rings. The molecule has 0 spiro atoms. The molecule has 100 valence electrons. The van der Waals surface area contributed by atoms with Crippen LogP contribution < -0.4 is 10.5 Å². The molecule has 0 aliphatic heterocycles. The van der Waals surface area contributed by atoms with E-state index in [2.05, 4.69) is 54.0 Å². The highest BCUT2D eigenvalue weighted by Crippen LogP contribution is 2.27. The zero-order chi connectivity index (χ0) is 13.8. The van der Waals surface area contributed by atoms with E-state index in [1.54, 1.807) is 0 Å². The lowest BCUT2D eigenvalue weighted by molar-refractivity contribution is 0.304. The molecule has 0 radical (unpaired) electrons. The van der Waals surface area contributed by atoms with Gasteiger partial charge in [0.05, 0.1) is 4.47 Å². The van der Waals surface area contributed by atoms with E-state index in [-0.39, 0.29) is 0 Å². The highest BCUT2D eigenvalue weighted by molar-refractivity contribution is 9.10. The predicted octanol–water partition coefficient (Wildman–Crippen LogP) is 4.73. The first-order chi connectivity index (χ1) is 9.06. The first-order valence-corrected chi connectivity index (χ1v) is 7.12. The van der Waals surface area contributed by atoms with Gasteiger partial charge in [0.1, 0.15) is 12.4 Å². The molecular formula is C16H18BrNO. The fraction of sp³-hybridized carbons (Fsp3) is 0.250. The van der Waals surface area contributed by atoms with Crippen LogP contribution in [-0.2, 0) is 6.61 Å². The van der Waals surface area contributed by atoms with E-state index in [4.69, 9.17) is 10.5 Å². The Morgan fingerprint density at radius 1 is 1.11 bits per heavy atom. The van der Waals surface area contributed by atoms with Gasteiger partial charge < -0.3 is 10.5 Å². The van der Waals surface area contributed by atoms with E-state index in [0.717, 1.165) is 15.8 Å². The standard InChI is InChI=1S/C16H18BrNO/c1-11(2)13-5-3-12(4-6-13)10-19-16-9-14(18)7-8-15(16)17/h3-9,11H,10,18H2,1-2H3. The average molecular weight is 320 g/mol. The minimum Gasteiger partial charge on any atom is -0.488 e. The summed E-state index contributed by atoms with van der Waals surface area (Å²) in [5, 5.41) is 0. The monoisotopic (exact) mass is 319 g/mol. The lowest BCUT2D eigenvalue weighted by Crippen LogP contribution is -1.97. The Bertz CT molecular complexity index is 549. The third-order valence-electron chi connectivity index (χ3n) is 3.00. The van der Waals surface area contributed by atoms with Gasteiger partial charge >= 0.3 is 0 Å². The Morgan fingerprint density at radius 2 is 1.79 bits per heavy atom. The molecule has 2 aromatic carbocycles. The molecule has 2 N–H and O–H groups in total. The summed E-state index contributed by atoms with van der Waals surface area (Å²) in [5.41, 5.74) is 8.94. The van der Waals surface area contributed by atoms with E-state index < -0.39 is 0 Å². The van der Waals surface area contributed by atoms with Crippen molar-refractivity contribution in [1.29, 1.82) is 0 Å². The molecule has 0 aliphatic carbocycles. The van der Waals surface area contributed by atoms with E-state index in [1.807, 2.05) is 18.2 Å². The summed E-state index contributed by atoms with van der Waals surface area (Å²) >= 11 is 3.45. The molecule has 2 nitrogen and oxygen atoms in total. The maximum atomic E-state index is 5.78. The number of hydrogen-bond acceptors (Lipinski definition) is 2. The molecule has 0 bridgehead atoms. The summed E-state index contributed by atoms with van der Waals surface area (Å²) in [4.78, 5) is 0. The summed E-state index contributed by atoms with van der Waals surface area (Å²) in [7, 11) is 0. The smallest absolute Gasteiger partial charge is 0.136 e. The second kappa shape index (κ2) is 6.11. The van der Waals surface area contributed by atoms with Crippen LogP contribution in [0.2, 0.25) is 0 Å². The van der Waals surface area contributed by atoms with Crippen molar-refractivity contribution in [1.82, 2.24) is 0 Å². The van der Waals surface area contributed by atoms with Crippen LogP contribution in [0.5, 0.6) is 5.75 Å². The number of halogens is 1. The van der Waals surface area contributed by atoms with Crippen molar-refractivity contribution in [3.63, 3.8) is 0 Å². The molecule has 0 unspecified atom stereocenters. The van der Waals surface area contributed by atoms with Crippen molar-refractivity contribution in [3.8, 4) is 5.75 Å². The van der Waals surface area contributed by atoms with E-state index in [9.17, 15) is 0 Å². The Labute approximate surface area is 122 Å². The fourth-order valence-corrected chi connectivity index (χ4v) is 2.15. The lowest BCUT2D eigenvalue weighted by atomic mass is 10.0. The van der Waals surface area contributed by atoms with E-state index in [0.29, 0.717) is 18.2 Å². The fourth-order valence-electron chi connectivity index (χ4n) is 1.79. The summed E-state index contributed by atoms with van der Waals surface area (Å²) in [6.07, 6.45) is 0. The minimum absolute atomic E-state index is 0.542. The molecule has 0 heterocycles. The van der Waals surface area contributed by atoms with Crippen LogP contribution in [0.25, 0.3) is 0 Å². The largest absolute Gasteiger partial charge is 0.488 e. The summed E-state index contributed by atoms with van der Waals surface area (Å²) in [6.45, 7) is 4.92.